The van der Waals surface area contributed by atoms with Crippen LogP contribution in [0.3, 0.4) is 0 Å². The number of rotatable bonds is 14. The van der Waals surface area contributed by atoms with E-state index in [1.54, 1.807) is 0 Å². The second-order valence-corrected chi connectivity index (χ2v) is 8.87. The monoisotopic (exact) mass is 429 g/mol. The highest BCUT2D eigenvalue weighted by molar-refractivity contribution is 5.63. The van der Waals surface area contributed by atoms with Gasteiger partial charge in [0.1, 0.15) is 0 Å². The fourth-order valence-corrected chi connectivity index (χ4v) is 4.04. The number of pyridine rings is 1. The fraction of sp³-hybridized carbons (Fsp3) is 0.483. The van der Waals surface area contributed by atoms with Crippen molar-refractivity contribution in [3.05, 3.63) is 66.1 Å². The first-order chi connectivity index (χ1) is 15.8. The van der Waals surface area contributed by atoms with Crippen molar-refractivity contribution in [3.8, 4) is 22.6 Å². The van der Waals surface area contributed by atoms with Gasteiger partial charge in [-0.3, -0.25) is 4.98 Å². The molecule has 0 aliphatic rings. The van der Waals surface area contributed by atoms with E-state index in [1.165, 1.54) is 81.8 Å². The Morgan fingerprint density at radius 1 is 0.500 bits per heavy atom. The zero-order valence-electron chi connectivity index (χ0n) is 20.0. The molecular weight excluding hydrogens is 390 g/mol. The highest BCUT2D eigenvalue weighted by Gasteiger charge is 2.05. The predicted octanol–water partition coefficient (Wildman–Crippen LogP) is 8.23. The standard InChI is InChI=1S/C29H39N3/c1-3-5-7-9-10-12-14-25-21-31-29(32-22-25)27-19-20-28(30-23-27)26-17-15-24(16-18-26)13-11-8-6-4-2/h15-23H,3-14H2,1-2H3. The van der Waals surface area contributed by atoms with Crippen LogP contribution < -0.4 is 0 Å². The summed E-state index contributed by atoms with van der Waals surface area (Å²) in [7, 11) is 0. The Kier molecular flexibility index (Phi) is 10.4. The molecule has 2 aromatic heterocycles. The van der Waals surface area contributed by atoms with Crippen LogP contribution in [0.25, 0.3) is 22.6 Å². The van der Waals surface area contributed by atoms with Gasteiger partial charge >= 0.3 is 0 Å². The first kappa shape index (κ1) is 24.1. The van der Waals surface area contributed by atoms with Crippen LogP contribution in [-0.4, -0.2) is 15.0 Å². The second kappa shape index (κ2) is 13.8. The first-order valence-electron chi connectivity index (χ1n) is 12.7. The average Bonchev–Trinajstić information content (AvgIpc) is 2.85. The minimum atomic E-state index is 0.748. The molecule has 0 radical (unpaired) electrons. The molecule has 0 aliphatic carbocycles. The van der Waals surface area contributed by atoms with Crippen molar-refractivity contribution in [2.24, 2.45) is 0 Å². The molecular formula is C29H39N3. The smallest absolute Gasteiger partial charge is 0.160 e. The molecule has 3 heteroatoms. The summed E-state index contributed by atoms with van der Waals surface area (Å²) in [6, 6.07) is 13.0. The molecule has 170 valence electrons. The number of nitrogens with zero attached hydrogens (tertiary/aromatic N) is 3. The third-order valence-electron chi connectivity index (χ3n) is 6.11. The molecule has 1 aromatic carbocycles. The van der Waals surface area contributed by atoms with Crippen LogP contribution in [0, 0.1) is 0 Å². The molecule has 0 saturated heterocycles. The van der Waals surface area contributed by atoms with E-state index in [9.17, 15) is 0 Å². The number of hydrogen-bond donors (Lipinski definition) is 0. The van der Waals surface area contributed by atoms with E-state index in [1.807, 2.05) is 18.6 Å². The van der Waals surface area contributed by atoms with Gasteiger partial charge in [0.25, 0.3) is 0 Å². The maximum Gasteiger partial charge on any atom is 0.160 e. The van der Waals surface area contributed by atoms with Crippen LogP contribution in [0.4, 0.5) is 0 Å². The lowest BCUT2D eigenvalue weighted by atomic mass is 10.0. The average molecular weight is 430 g/mol. The lowest BCUT2D eigenvalue weighted by Gasteiger charge is -2.06. The Morgan fingerprint density at radius 3 is 1.69 bits per heavy atom. The minimum absolute atomic E-state index is 0.748. The topological polar surface area (TPSA) is 38.7 Å². The minimum Gasteiger partial charge on any atom is -0.255 e. The van der Waals surface area contributed by atoms with Gasteiger partial charge in [-0.15, -0.1) is 0 Å². The normalized spacial score (nSPS) is 11.1. The van der Waals surface area contributed by atoms with Crippen LogP contribution in [0.5, 0.6) is 0 Å². The molecule has 3 nitrogen and oxygen atoms in total. The summed E-state index contributed by atoms with van der Waals surface area (Å²) in [4.78, 5) is 13.8. The largest absolute Gasteiger partial charge is 0.255 e. The third kappa shape index (κ3) is 7.85. The number of aromatic nitrogens is 3. The van der Waals surface area contributed by atoms with E-state index >= 15 is 0 Å². The highest BCUT2D eigenvalue weighted by atomic mass is 14.9. The van der Waals surface area contributed by atoms with Crippen molar-refractivity contribution in [3.63, 3.8) is 0 Å². The van der Waals surface area contributed by atoms with Gasteiger partial charge in [-0.05, 0) is 48.9 Å². The predicted molar refractivity (Wildman–Crippen MR) is 136 cm³/mol. The molecule has 3 aromatic rings. The first-order valence-corrected chi connectivity index (χ1v) is 12.7. The number of unbranched alkanes of at least 4 members (excludes halogenated alkanes) is 8. The molecule has 32 heavy (non-hydrogen) atoms. The molecule has 0 bridgehead atoms. The van der Waals surface area contributed by atoms with Crippen molar-refractivity contribution in [1.29, 1.82) is 0 Å². The van der Waals surface area contributed by atoms with Crippen LogP contribution in [0.2, 0.25) is 0 Å². The molecule has 0 unspecified atom stereocenters. The van der Waals surface area contributed by atoms with Gasteiger partial charge in [-0.1, -0.05) is 89.5 Å². The van der Waals surface area contributed by atoms with Gasteiger partial charge < -0.3 is 0 Å². The zero-order valence-corrected chi connectivity index (χ0v) is 20.0. The van der Waals surface area contributed by atoms with E-state index < -0.39 is 0 Å². The Bertz CT molecular complexity index is 883. The molecule has 0 spiro atoms. The molecule has 0 saturated carbocycles. The third-order valence-corrected chi connectivity index (χ3v) is 6.11. The van der Waals surface area contributed by atoms with Gasteiger partial charge in [0.2, 0.25) is 0 Å². The molecule has 0 amide bonds. The Hall–Kier alpha value is -2.55. The number of aryl methyl sites for hydroxylation is 2. The summed E-state index contributed by atoms with van der Waals surface area (Å²) in [5.74, 6) is 0.748. The van der Waals surface area contributed by atoms with E-state index in [0.29, 0.717) is 0 Å². The lowest BCUT2D eigenvalue weighted by molar-refractivity contribution is 0.607. The Labute approximate surface area is 194 Å². The summed E-state index contributed by atoms with van der Waals surface area (Å²) in [6.07, 6.45) is 21.2. The van der Waals surface area contributed by atoms with Gasteiger partial charge in [0.05, 0.1) is 5.69 Å². The Balaban J connectivity index is 1.50. The van der Waals surface area contributed by atoms with E-state index in [2.05, 4.69) is 65.2 Å². The molecule has 3 rings (SSSR count). The van der Waals surface area contributed by atoms with E-state index in [-0.39, 0.29) is 0 Å². The molecule has 0 N–H and O–H groups in total. The summed E-state index contributed by atoms with van der Waals surface area (Å²) in [5, 5.41) is 0. The maximum absolute atomic E-state index is 4.67. The number of hydrogen-bond acceptors (Lipinski definition) is 3. The zero-order chi connectivity index (χ0) is 22.4. The van der Waals surface area contributed by atoms with Crippen molar-refractivity contribution in [2.75, 3.05) is 0 Å². The molecule has 2 heterocycles. The van der Waals surface area contributed by atoms with Gasteiger partial charge in [-0.25, -0.2) is 9.97 Å². The molecule has 0 atom stereocenters. The summed E-state index contributed by atoms with van der Waals surface area (Å²) >= 11 is 0. The highest BCUT2D eigenvalue weighted by Crippen LogP contribution is 2.22. The SMILES string of the molecule is CCCCCCCCc1cnc(-c2ccc(-c3ccc(CCCCCC)cc3)nc2)nc1. The van der Waals surface area contributed by atoms with Crippen LogP contribution in [-0.2, 0) is 12.8 Å². The van der Waals surface area contributed by atoms with E-state index in [4.69, 9.17) is 0 Å². The van der Waals surface area contributed by atoms with Crippen molar-refractivity contribution >= 4 is 0 Å². The summed E-state index contributed by atoms with van der Waals surface area (Å²) < 4.78 is 0. The lowest BCUT2D eigenvalue weighted by Crippen LogP contribution is -1.94. The number of benzene rings is 1. The van der Waals surface area contributed by atoms with Crippen molar-refractivity contribution < 1.29 is 0 Å². The molecule has 0 aliphatic heterocycles. The molecule has 0 fully saturated rings. The van der Waals surface area contributed by atoms with Gasteiger partial charge in [0.15, 0.2) is 5.82 Å². The fourth-order valence-electron chi connectivity index (χ4n) is 4.04. The van der Waals surface area contributed by atoms with Gasteiger partial charge in [-0.2, -0.15) is 0 Å². The quantitative estimate of drug-likeness (QED) is 0.242. The summed E-state index contributed by atoms with van der Waals surface area (Å²) in [6.45, 7) is 4.51. The van der Waals surface area contributed by atoms with Crippen LogP contribution in [0.15, 0.2) is 55.0 Å². The van der Waals surface area contributed by atoms with E-state index in [0.717, 1.165) is 29.1 Å². The van der Waals surface area contributed by atoms with Crippen molar-refractivity contribution in [2.45, 2.75) is 90.9 Å². The van der Waals surface area contributed by atoms with Crippen LogP contribution >= 0.6 is 0 Å². The maximum atomic E-state index is 4.67. The van der Waals surface area contributed by atoms with Gasteiger partial charge in [0, 0.05) is 29.7 Å². The Morgan fingerprint density at radius 2 is 1.06 bits per heavy atom. The summed E-state index contributed by atoms with van der Waals surface area (Å²) in [5.41, 5.74) is 5.75. The van der Waals surface area contributed by atoms with Crippen molar-refractivity contribution in [1.82, 2.24) is 15.0 Å². The van der Waals surface area contributed by atoms with Crippen LogP contribution in [0.1, 0.15) is 89.2 Å². The second-order valence-electron chi connectivity index (χ2n) is 8.87.